The smallest absolute Gasteiger partial charge is 0.335 e. The van der Waals surface area contributed by atoms with Crippen LogP contribution in [0.2, 0.25) is 0 Å². The van der Waals surface area contributed by atoms with Crippen LogP contribution in [0, 0.1) is 5.41 Å². The van der Waals surface area contributed by atoms with Gasteiger partial charge in [-0.25, -0.2) is 4.79 Å². The van der Waals surface area contributed by atoms with E-state index in [1.165, 1.54) is 25.7 Å². The number of carboxylic acid groups (broad SMARTS) is 1. The number of hydrogen-bond donors (Lipinski definition) is 1. The molecule has 1 unspecified atom stereocenters. The molecule has 27 heavy (non-hydrogen) atoms. The molecule has 3 rings (SSSR count). The van der Waals surface area contributed by atoms with Gasteiger partial charge in [0.2, 0.25) is 5.91 Å². The number of carboxylic acids is 1. The molecule has 4 nitrogen and oxygen atoms in total. The van der Waals surface area contributed by atoms with Gasteiger partial charge in [-0.1, -0.05) is 37.6 Å². The fourth-order valence-corrected chi connectivity index (χ4v) is 4.22. The van der Waals surface area contributed by atoms with E-state index in [-0.39, 0.29) is 11.9 Å². The molecule has 1 aromatic rings. The first-order valence-corrected chi connectivity index (χ1v) is 10.3. The normalized spacial score (nSPS) is 22.0. The average molecular weight is 370 g/mol. The molecule has 2 fully saturated rings. The second-order valence-corrected chi connectivity index (χ2v) is 8.43. The lowest BCUT2D eigenvalue weighted by molar-refractivity contribution is -0.135. The van der Waals surface area contributed by atoms with E-state index >= 15 is 0 Å². The monoisotopic (exact) mass is 369 g/mol. The second-order valence-electron chi connectivity index (χ2n) is 8.43. The summed E-state index contributed by atoms with van der Waals surface area (Å²) in [4.78, 5) is 25.4. The maximum absolute atomic E-state index is 12.4. The molecule has 2 aliphatic rings. The average Bonchev–Trinajstić information content (AvgIpc) is 2.63. The highest BCUT2D eigenvalue weighted by atomic mass is 16.4. The van der Waals surface area contributed by atoms with E-state index in [0.29, 0.717) is 23.9 Å². The van der Waals surface area contributed by atoms with E-state index < -0.39 is 5.97 Å². The second kappa shape index (κ2) is 8.73. The number of carbonyl (C=O) groups excluding carboxylic acids is 1. The Bertz CT molecular complexity index is 688. The van der Waals surface area contributed by atoms with Crippen molar-refractivity contribution in [2.24, 2.45) is 5.41 Å². The van der Waals surface area contributed by atoms with Crippen LogP contribution in [0.1, 0.15) is 74.2 Å². The van der Waals surface area contributed by atoms with Gasteiger partial charge in [-0.05, 0) is 68.1 Å². The highest BCUT2D eigenvalue weighted by Gasteiger charge is 2.30. The summed E-state index contributed by atoms with van der Waals surface area (Å²) in [5.74, 6) is -0.669. The number of nitrogens with zero attached hydrogens (tertiary/aromatic N) is 1. The number of allylic oxidation sites excluding steroid dienone is 1. The van der Waals surface area contributed by atoms with Gasteiger partial charge in [-0.3, -0.25) is 4.79 Å². The highest BCUT2D eigenvalue weighted by Crippen LogP contribution is 2.44. The molecule has 1 N–H and O–H groups in total. The van der Waals surface area contributed by atoms with Crippen molar-refractivity contribution in [3.05, 3.63) is 47.5 Å². The fourth-order valence-electron chi connectivity index (χ4n) is 4.22. The Balaban J connectivity index is 1.53. The van der Waals surface area contributed by atoms with Crippen LogP contribution in [-0.2, 0) is 11.2 Å². The third-order valence-corrected chi connectivity index (χ3v) is 6.29. The Morgan fingerprint density at radius 2 is 2.00 bits per heavy atom. The highest BCUT2D eigenvalue weighted by molar-refractivity contribution is 5.87. The number of piperidine rings is 1. The van der Waals surface area contributed by atoms with Gasteiger partial charge in [-0.15, -0.1) is 0 Å². The predicted molar refractivity (Wildman–Crippen MR) is 107 cm³/mol. The number of rotatable bonds is 8. The summed E-state index contributed by atoms with van der Waals surface area (Å²) in [6, 6.07) is 7.17. The summed E-state index contributed by atoms with van der Waals surface area (Å²) in [7, 11) is 0. The van der Waals surface area contributed by atoms with Crippen molar-refractivity contribution in [1.29, 1.82) is 0 Å². The summed E-state index contributed by atoms with van der Waals surface area (Å²) in [5, 5.41) is 8.99. The van der Waals surface area contributed by atoms with Crippen LogP contribution in [-0.4, -0.2) is 34.5 Å². The lowest BCUT2D eigenvalue weighted by Crippen LogP contribution is -2.43. The molecule has 1 aliphatic heterocycles. The summed E-state index contributed by atoms with van der Waals surface area (Å²) in [6.07, 6.45) is 14.4. The number of benzene rings is 1. The lowest BCUT2D eigenvalue weighted by atomic mass is 9.68. The van der Waals surface area contributed by atoms with E-state index in [0.717, 1.165) is 31.2 Å². The van der Waals surface area contributed by atoms with E-state index in [1.54, 1.807) is 12.1 Å². The summed E-state index contributed by atoms with van der Waals surface area (Å²) >= 11 is 0. The van der Waals surface area contributed by atoms with Crippen molar-refractivity contribution in [3.63, 3.8) is 0 Å². The van der Waals surface area contributed by atoms with Gasteiger partial charge in [0.05, 0.1) is 5.56 Å². The minimum Gasteiger partial charge on any atom is -0.478 e. The van der Waals surface area contributed by atoms with E-state index in [1.807, 2.05) is 17.0 Å². The van der Waals surface area contributed by atoms with E-state index in [9.17, 15) is 9.59 Å². The van der Waals surface area contributed by atoms with Crippen LogP contribution in [0.5, 0.6) is 0 Å². The van der Waals surface area contributed by atoms with Crippen molar-refractivity contribution in [1.82, 2.24) is 4.90 Å². The van der Waals surface area contributed by atoms with E-state index in [2.05, 4.69) is 19.1 Å². The molecule has 0 bridgehead atoms. The van der Waals surface area contributed by atoms with Gasteiger partial charge in [0.1, 0.15) is 0 Å². The van der Waals surface area contributed by atoms with Gasteiger partial charge in [0.25, 0.3) is 0 Å². The maximum Gasteiger partial charge on any atom is 0.335 e. The molecule has 1 saturated carbocycles. The number of hydrogen-bond acceptors (Lipinski definition) is 2. The molecule has 1 atom stereocenters. The quantitative estimate of drug-likeness (QED) is 0.667. The van der Waals surface area contributed by atoms with E-state index in [4.69, 9.17) is 5.11 Å². The van der Waals surface area contributed by atoms with Crippen molar-refractivity contribution < 1.29 is 14.7 Å². The summed E-state index contributed by atoms with van der Waals surface area (Å²) < 4.78 is 0. The van der Waals surface area contributed by atoms with Crippen LogP contribution in [0.15, 0.2) is 36.4 Å². The Hall–Kier alpha value is -2.10. The van der Waals surface area contributed by atoms with Gasteiger partial charge in [0.15, 0.2) is 0 Å². The van der Waals surface area contributed by atoms with Gasteiger partial charge < -0.3 is 10.0 Å². The van der Waals surface area contributed by atoms with Crippen molar-refractivity contribution >= 4 is 11.9 Å². The molecule has 1 aliphatic carbocycles. The van der Waals surface area contributed by atoms with Crippen LogP contribution in [0.3, 0.4) is 0 Å². The minimum absolute atomic E-state index is 0.207. The van der Waals surface area contributed by atoms with Crippen LogP contribution in [0.4, 0.5) is 0 Å². The largest absolute Gasteiger partial charge is 0.478 e. The Morgan fingerprint density at radius 1 is 1.26 bits per heavy atom. The first-order chi connectivity index (χ1) is 13.0. The van der Waals surface area contributed by atoms with Gasteiger partial charge >= 0.3 is 5.97 Å². The van der Waals surface area contributed by atoms with Gasteiger partial charge in [0, 0.05) is 19.0 Å². The van der Waals surface area contributed by atoms with Crippen molar-refractivity contribution in [2.45, 2.75) is 70.8 Å². The molecule has 1 aromatic carbocycles. The summed E-state index contributed by atoms with van der Waals surface area (Å²) in [6.45, 7) is 3.08. The van der Waals surface area contributed by atoms with Crippen LogP contribution < -0.4 is 0 Å². The Morgan fingerprint density at radius 3 is 2.63 bits per heavy atom. The minimum atomic E-state index is -0.909. The molecule has 0 radical (unpaired) electrons. The molecule has 0 aromatic heterocycles. The maximum atomic E-state index is 12.4. The van der Waals surface area contributed by atoms with Gasteiger partial charge in [-0.2, -0.15) is 0 Å². The third kappa shape index (κ3) is 5.21. The molecular formula is C23H31NO3. The molecule has 1 heterocycles. The Labute approximate surface area is 162 Å². The first kappa shape index (κ1) is 19.7. The van der Waals surface area contributed by atoms with Crippen LogP contribution >= 0.6 is 0 Å². The molecule has 1 saturated heterocycles. The zero-order valence-electron chi connectivity index (χ0n) is 16.3. The first-order valence-electron chi connectivity index (χ1n) is 10.3. The van der Waals surface area contributed by atoms with Crippen molar-refractivity contribution in [3.8, 4) is 0 Å². The molecule has 0 spiro atoms. The zero-order valence-corrected chi connectivity index (χ0v) is 16.3. The topological polar surface area (TPSA) is 57.6 Å². The molecule has 1 amide bonds. The standard InChI is InChI=1S/C23H31NO3/c1-23(15-5-16-23)14-3-2-6-20-7-4-8-21(25)24(20)17-13-18-9-11-19(12-10-18)22(26)27/h2,6,9-12,20H,3-5,7-8,13-17H2,1H3,(H,26,27)/b6-2+. The fraction of sp³-hybridized carbons (Fsp3) is 0.565. The van der Waals surface area contributed by atoms with Crippen molar-refractivity contribution in [2.75, 3.05) is 6.54 Å². The predicted octanol–water partition coefficient (Wildman–Crippen LogP) is 4.84. The molecular weight excluding hydrogens is 338 g/mol. The number of aromatic carboxylic acids is 1. The Kier molecular flexibility index (Phi) is 6.35. The molecule has 146 valence electrons. The lowest BCUT2D eigenvalue weighted by Gasteiger charge is -2.38. The number of carbonyl (C=O) groups is 2. The molecule has 4 heteroatoms. The van der Waals surface area contributed by atoms with Crippen LogP contribution in [0.25, 0.3) is 0 Å². The number of likely N-dealkylation sites (tertiary alicyclic amines) is 1. The summed E-state index contributed by atoms with van der Waals surface area (Å²) in [5.41, 5.74) is 1.92. The number of amides is 1. The zero-order chi connectivity index (χ0) is 19.3. The SMILES string of the molecule is CC1(CC/C=C/C2CCCC(=O)N2CCc2ccc(C(=O)O)cc2)CCC1. The third-order valence-electron chi connectivity index (χ3n) is 6.29.